The van der Waals surface area contributed by atoms with Crippen molar-refractivity contribution in [1.82, 2.24) is 20.0 Å². The summed E-state index contributed by atoms with van der Waals surface area (Å²) in [6.07, 6.45) is 4.54. The van der Waals surface area contributed by atoms with E-state index in [0.717, 1.165) is 23.2 Å². The zero-order valence-corrected chi connectivity index (χ0v) is 17.7. The third kappa shape index (κ3) is 5.84. The molecular weight excluding hydrogens is 380 g/mol. The van der Waals surface area contributed by atoms with Crippen LogP contribution in [0.2, 0.25) is 0 Å². The SMILES string of the molecule is COc1ccc(CCNC(=O)CN(C)Cc2cnn(-c3ccccc3)c2)cc1OC. The summed E-state index contributed by atoms with van der Waals surface area (Å²) in [4.78, 5) is 14.2. The van der Waals surface area contributed by atoms with Gasteiger partial charge in [0, 0.05) is 24.8 Å². The topological polar surface area (TPSA) is 68.6 Å². The first-order valence-electron chi connectivity index (χ1n) is 9.84. The second kappa shape index (κ2) is 10.5. The van der Waals surface area contributed by atoms with Gasteiger partial charge < -0.3 is 14.8 Å². The number of rotatable bonds is 10. The number of nitrogens with one attached hydrogen (secondary N) is 1. The summed E-state index contributed by atoms with van der Waals surface area (Å²) in [5, 5.41) is 7.37. The Morgan fingerprint density at radius 2 is 1.83 bits per heavy atom. The van der Waals surface area contributed by atoms with Crippen LogP contribution in [-0.2, 0) is 17.8 Å². The minimum absolute atomic E-state index is 0.00609. The molecule has 0 saturated heterocycles. The molecule has 7 heteroatoms. The highest BCUT2D eigenvalue weighted by Gasteiger charge is 2.10. The highest BCUT2D eigenvalue weighted by molar-refractivity contribution is 5.77. The number of hydrogen-bond donors (Lipinski definition) is 1. The van der Waals surface area contributed by atoms with E-state index in [-0.39, 0.29) is 5.91 Å². The molecule has 7 nitrogen and oxygen atoms in total. The Kier molecular flexibility index (Phi) is 7.45. The van der Waals surface area contributed by atoms with Gasteiger partial charge in [0.05, 0.1) is 32.6 Å². The molecule has 0 bridgehead atoms. The fraction of sp³-hybridized carbons (Fsp3) is 0.304. The van der Waals surface area contributed by atoms with E-state index in [2.05, 4.69) is 10.4 Å². The largest absolute Gasteiger partial charge is 0.493 e. The fourth-order valence-electron chi connectivity index (χ4n) is 3.21. The number of amides is 1. The van der Waals surface area contributed by atoms with E-state index in [0.29, 0.717) is 31.1 Å². The van der Waals surface area contributed by atoms with Crippen molar-refractivity contribution >= 4 is 5.91 Å². The van der Waals surface area contributed by atoms with Gasteiger partial charge in [-0.3, -0.25) is 9.69 Å². The third-order valence-electron chi connectivity index (χ3n) is 4.71. The van der Waals surface area contributed by atoms with Gasteiger partial charge in [-0.25, -0.2) is 4.68 Å². The van der Waals surface area contributed by atoms with E-state index < -0.39 is 0 Å². The third-order valence-corrected chi connectivity index (χ3v) is 4.71. The van der Waals surface area contributed by atoms with Gasteiger partial charge in [0.2, 0.25) is 5.91 Å². The Morgan fingerprint density at radius 1 is 1.07 bits per heavy atom. The zero-order valence-electron chi connectivity index (χ0n) is 17.7. The summed E-state index contributed by atoms with van der Waals surface area (Å²) in [6.45, 7) is 1.53. The molecule has 1 amide bonds. The smallest absolute Gasteiger partial charge is 0.234 e. The van der Waals surface area contributed by atoms with Crippen LogP contribution in [0.4, 0.5) is 0 Å². The van der Waals surface area contributed by atoms with Gasteiger partial charge in [-0.15, -0.1) is 0 Å². The molecule has 0 aliphatic heterocycles. The number of hydrogen-bond acceptors (Lipinski definition) is 5. The first-order chi connectivity index (χ1) is 14.6. The zero-order chi connectivity index (χ0) is 21.3. The molecule has 0 aliphatic carbocycles. The number of carbonyl (C=O) groups is 1. The van der Waals surface area contributed by atoms with Gasteiger partial charge in [0.1, 0.15) is 0 Å². The van der Waals surface area contributed by atoms with E-state index in [1.165, 1.54) is 0 Å². The van der Waals surface area contributed by atoms with Gasteiger partial charge in [-0.2, -0.15) is 5.10 Å². The van der Waals surface area contributed by atoms with E-state index >= 15 is 0 Å². The predicted octanol–water partition coefficient (Wildman–Crippen LogP) is 2.68. The lowest BCUT2D eigenvalue weighted by Gasteiger charge is -2.15. The molecular formula is C23H28N4O3. The van der Waals surface area contributed by atoms with Crippen molar-refractivity contribution in [2.24, 2.45) is 0 Å². The summed E-state index contributed by atoms with van der Waals surface area (Å²) >= 11 is 0. The number of ether oxygens (including phenoxy) is 2. The maximum atomic E-state index is 12.3. The Labute approximate surface area is 177 Å². The number of likely N-dealkylation sites (N-methyl/N-ethyl adjacent to an activating group) is 1. The van der Waals surface area contributed by atoms with Gasteiger partial charge in [0.15, 0.2) is 11.5 Å². The predicted molar refractivity (Wildman–Crippen MR) is 116 cm³/mol. The van der Waals surface area contributed by atoms with Crippen LogP contribution in [0.3, 0.4) is 0 Å². The van der Waals surface area contributed by atoms with Crippen LogP contribution >= 0.6 is 0 Å². The molecule has 0 fully saturated rings. The van der Waals surface area contributed by atoms with Crippen LogP contribution in [-0.4, -0.2) is 54.9 Å². The van der Waals surface area contributed by atoms with E-state index in [4.69, 9.17) is 9.47 Å². The second-order valence-corrected chi connectivity index (χ2v) is 7.09. The van der Waals surface area contributed by atoms with Crippen molar-refractivity contribution in [3.05, 3.63) is 72.1 Å². The molecule has 1 aromatic heterocycles. The van der Waals surface area contributed by atoms with Gasteiger partial charge in [-0.05, 0) is 43.3 Å². The monoisotopic (exact) mass is 408 g/mol. The van der Waals surface area contributed by atoms with Gasteiger partial charge in [-0.1, -0.05) is 24.3 Å². The molecule has 3 rings (SSSR count). The van der Waals surface area contributed by atoms with Crippen LogP contribution in [0.25, 0.3) is 5.69 Å². The average Bonchev–Trinajstić information content (AvgIpc) is 3.22. The molecule has 3 aromatic rings. The Hall–Kier alpha value is -3.32. The lowest BCUT2D eigenvalue weighted by molar-refractivity contribution is -0.122. The Morgan fingerprint density at radius 3 is 2.57 bits per heavy atom. The van der Waals surface area contributed by atoms with Crippen LogP contribution in [0.15, 0.2) is 60.9 Å². The van der Waals surface area contributed by atoms with E-state index in [9.17, 15) is 4.79 Å². The van der Waals surface area contributed by atoms with Crippen molar-refractivity contribution in [1.29, 1.82) is 0 Å². The first kappa shape index (κ1) is 21.4. The lowest BCUT2D eigenvalue weighted by atomic mass is 10.1. The summed E-state index contributed by atoms with van der Waals surface area (Å²) < 4.78 is 12.4. The summed E-state index contributed by atoms with van der Waals surface area (Å²) in [5.74, 6) is 1.38. The number of para-hydroxylation sites is 1. The molecule has 0 saturated carbocycles. The molecule has 0 spiro atoms. The van der Waals surface area contributed by atoms with Gasteiger partial charge in [0.25, 0.3) is 0 Å². The standard InChI is InChI=1S/C23H28N4O3/c1-26(15-19-14-25-27(16-19)20-7-5-4-6-8-20)17-23(28)24-12-11-18-9-10-21(29-2)22(13-18)30-3/h4-10,13-14,16H,11-12,15,17H2,1-3H3,(H,24,28). The number of methoxy groups -OCH3 is 2. The molecule has 158 valence electrons. The minimum atomic E-state index is -0.00609. The highest BCUT2D eigenvalue weighted by Crippen LogP contribution is 2.27. The van der Waals surface area contributed by atoms with E-state index in [1.807, 2.05) is 77.6 Å². The number of carbonyl (C=O) groups excluding carboxylic acids is 1. The highest BCUT2D eigenvalue weighted by atomic mass is 16.5. The van der Waals surface area contributed by atoms with Crippen molar-refractivity contribution in [2.45, 2.75) is 13.0 Å². The number of benzene rings is 2. The fourth-order valence-corrected chi connectivity index (χ4v) is 3.21. The van der Waals surface area contributed by atoms with Gasteiger partial charge >= 0.3 is 0 Å². The van der Waals surface area contributed by atoms with Crippen molar-refractivity contribution in [3.8, 4) is 17.2 Å². The second-order valence-electron chi connectivity index (χ2n) is 7.09. The minimum Gasteiger partial charge on any atom is -0.493 e. The van der Waals surface area contributed by atoms with Crippen LogP contribution in [0.1, 0.15) is 11.1 Å². The molecule has 1 heterocycles. The number of aromatic nitrogens is 2. The maximum absolute atomic E-state index is 12.3. The lowest BCUT2D eigenvalue weighted by Crippen LogP contribution is -2.35. The van der Waals surface area contributed by atoms with Crippen molar-refractivity contribution in [3.63, 3.8) is 0 Å². The molecule has 1 N–H and O–H groups in total. The number of nitrogens with zero attached hydrogens (tertiary/aromatic N) is 3. The molecule has 2 aromatic carbocycles. The molecule has 0 atom stereocenters. The summed E-state index contributed by atoms with van der Waals surface area (Å²) in [7, 11) is 5.15. The maximum Gasteiger partial charge on any atom is 0.234 e. The molecule has 0 radical (unpaired) electrons. The quantitative estimate of drug-likeness (QED) is 0.559. The van der Waals surface area contributed by atoms with Crippen molar-refractivity contribution < 1.29 is 14.3 Å². The Bertz CT molecular complexity index is 956. The van der Waals surface area contributed by atoms with Crippen LogP contribution in [0.5, 0.6) is 11.5 Å². The molecule has 30 heavy (non-hydrogen) atoms. The Balaban J connectivity index is 1.43. The normalized spacial score (nSPS) is 10.8. The summed E-state index contributed by atoms with van der Waals surface area (Å²) in [5.41, 5.74) is 3.15. The molecule has 0 aliphatic rings. The van der Waals surface area contributed by atoms with Crippen LogP contribution < -0.4 is 14.8 Å². The van der Waals surface area contributed by atoms with E-state index in [1.54, 1.807) is 14.2 Å². The van der Waals surface area contributed by atoms with Crippen molar-refractivity contribution in [2.75, 3.05) is 34.4 Å². The average molecular weight is 409 g/mol. The molecule has 0 unspecified atom stereocenters. The van der Waals surface area contributed by atoms with Crippen LogP contribution in [0, 0.1) is 0 Å². The first-order valence-corrected chi connectivity index (χ1v) is 9.84. The summed E-state index contributed by atoms with van der Waals surface area (Å²) in [6, 6.07) is 15.7.